The highest BCUT2D eigenvalue weighted by Crippen LogP contribution is 2.19. The molecule has 4 aliphatic heterocycles. The second kappa shape index (κ2) is 26.3. The number of non-ortho nitro benzene ring substituents is 1. The van der Waals surface area contributed by atoms with Crippen LogP contribution >= 0.6 is 0 Å². The van der Waals surface area contributed by atoms with Crippen LogP contribution in [0, 0.1) is 17.0 Å². The van der Waals surface area contributed by atoms with Crippen molar-refractivity contribution < 1.29 is 81.7 Å². The molecule has 0 saturated carbocycles. The topological polar surface area (TPSA) is 470 Å². The van der Waals surface area contributed by atoms with Crippen LogP contribution in [0.2, 0.25) is 0 Å². The van der Waals surface area contributed by atoms with E-state index in [-0.39, 0.29) is 11.4 Å². The Kier molecular flexibility index (Phi) is 20.2. The van der Waals surface area contributed by atoms with Crippen LogP contribution in [-0.2, 0) is 59.3 Å². The van der Waals surface area contributed by atoms with Crippen LogP contribution in [0.1, 0.15) is 12.5 Å². The third-order valence-corrected chi connectivity index (χ3v) is 15.4. The second-order valence-electron chi connectivity index (χ2n) is 16.6. The standard InChI is InChI=1S/C12H15N3O5S.C11H13N3O4S.C10H10N4O6S.C10H11N3O4S/c1-2-20-9-5-3-8(4-6-9)15-21(18,19)7-10-11(16)14-12(17)13-10;1-7-3-2-4-8(5-7)14-19(17,18)6-9-10(15)13-11(16)12-9;15-9-8(11-10(16)12-9)5-21(19,20)13-6-1-3-7(4-2-6)14(17)18;14-9-8(11-10(15)12-9)6-18(16,17)13-7-4-2-1-3-5-7/h3-6,10,15H,2,7H2,1H3,(H2,13,14,16,17);2-5,9,14H,6H2,1H3,(H2,12,13,15,16);1-4,8,13H,5H2,(H2,11,12,15,16);1-5,8,13H,6H2,(H2,11,12,14,15). The molecule has 0 aliphatic carbocycles. The van der Waals surface area contributed by atoms with Gasteiger partial charge in [-0.15, -0.1) is 0 Å². The maximum absolute atomic E-state index is 11.9. The highest BCUT2D eigenvalue weighted by atomic mass is 32.2. The number of rotatable bonds is 19. The summed E-state index contributed by atoms with van der Waals surface area (Å²) in [6, 6.07) is 19.0. The molecule has 0 aromatic heterocycles. The number of sulfonamides is 4. The first kappa shape index (κ1) is 60.7. The summed E-state index contributed by atoms with van der Waals surface area (Å²) in [5.74, 6) is -4.20. The minimum Gasteiger partial charge on any atom is -0.494 e. The van der Waals surface area contributed by atoms with Gasteiger partial charge in [0.15, 0.2) is 0 Å². The molecule has 8 rings (SSSR count). The number of aryl methyl sites for hydroxylation is 1. The zero-order chi connectivity index (χ0) is 58.3. The maximum Gasteiger partial charge on any atom is 0.322 e. The van der Waals surface area contributed by atoms with Gasteiger partial charge in [0.05, 0.1) is 34.5 Å². The molecule has 424 valence electrons. The summed E-state index contributed by atoms with van der Waals surface area (Å²) in [5, 5.41) is 27.2. The zero-order valence-corrected chi connectivity index (χ0v) is 44.3. The molecule has 4 fully saturated rings. The Balaban J connectivity index is 0.000000194. The number of hydrogen-bond acceptors (Lipinski definition) is 19. The largest absolute Gasteiger partial charge is 0.494 e. The van der Waals surface area contributed by atoms with Crippen LogP contribution in [-0.4, -0.2) is 140 Å². The normalized spacial score (nSPS) is 18.5. The lowest BCUT2D eigenvalue weighted by atomic mass is 10.2. The Morgan fingerprint density at radius 1 is 0.456 bits per heavy atom. The number of hydrogen-bond donors (Lipinski definition) is 12. The third-order valence-electron chi connectivity index (χ3n) is 10.1. The van der Waals surface area contributed by atoms with E-state index >= 15 is 0 Å². The van der Waals surface area contributed by atoms with Gasteiger partial charge < -0.3 is 26.0 Å². The van der Waals surface area contributed by atoms with Crippen molar-refractivity contribution in [3.05, 3.63) is 119 Å². The van der Waals surface area contributed by atoms with Crippen molar-refractivity contribution in [3.63, 3.8) is 0 Å². The van der Waals surface area contributed by atoms with E-state index in [1.807, 2.05) is 41.2 Å². The molecule has 12 N–H and O–H groups in total. The number of amides is 12. The molecule has 32 nitrogen and oxygen atoms in total. The molecule has 79 heavy (non-hydrogen) atoms. The monoisotopic (exact) mass is 1180 g/mol. The third kappa shape index (κ3) is 20.1. The lowest BCUT2D eigenvalue weighted by molar-refractivity contribution is -0.384. The molecule has 36 heteroatoms. The molecule has 4 heterocycles. The van der Waals surface area contributed by atoms with E-state index in [0.29, 0.717) is 29.4 Å². The molecule has 12 amide bonds. The fourth-order valence-corrected chi connectivity index (χ4v) is 11.7. The van der Waals surface area contributed by atoms with Crippen LogP contribution in [0.3, 0.4) is 0 Å². The number of nitrogens with one attached hydrogen (secondary N) is 12. The summed E-state index contributed by atoms with van der Waals surface area (Å²) >= 11 is 0. The van der Waals surface area contributed by atoms with Crippen LogP contribution in [0.5, 0.6) is 5.75 Å². The van der Waals surface area contributed by atoms with Crippen molar-refractivity contribution in [3.8, 4) is 5.75 Å². The predicted molar refractivity (Wildman–Crippen MR) is 280 cm³/mol. The molecule has 0 spiro atoms. The van der Waals surface area contributed by atoms with Gasteiger partial charge in [-0.1, -0.05) is 30.3 Å². The average Bonchev–Trinajstić information content (AvgIpc) is 4.05. The predicted octanol–water partition coefficient (Wildman–Crippen LogP) is -0.839. The SMILES string of the molecule is CCOc1ccc(NS(=O)(=O)CC2NC(=O)NC2=O)cc1.Cc1cccc(NS(=O)(=O)CC2NC(=O)NC2=O)c1.O=C1NC(=O)C(CS(=O)(=O)Nc2ccc([N+](=O)[O-])cc2)N1.O=C1NC(=O)C(CS(=O)(=O)Nc2ccccc2)N1. The number of nitro benzene ring substituents is 1. The van der Waals surface area contributed by atoms with Gasteiger partial charge in [-0.2, -0.15) is 0 Å². The summed E-state index contributed by atoms with van der Waals surface area (Å²) in [6.45, 7) is 4.20. The summed E-state index contributed by atoms with van der Waals surface area (Å²) in [4.78, 5) is 98.5. The van der Waals surface area contributed by atoms with Crippen LogP contribution in [0.15, 0.2) is 103 Å². The van der Waals surface area contributed by atoms with Gasteiger partial charge in [0.2, 0.25) is 40.1 Å². The van der Waals surface area contributed by atoms with Crippen LogP contribution in [0.4, 0.5) is 47.6 Å². The minimum absolute atomic E-state index is 0.116. The highest BCUT2D eigenvalue weighted by molar-refractivity contribution is 7.93. The van der Waals surface area contributed by atoms with Gasteiger partial charge in [-0.3, -0.25) is 69.4 Å². The zero-order valence-electron chi connectivity index (χ0n) is 41.0. The Bertz CT molecular complexity index is 3450. The lowest BCUT2D eigenvalue weighted by Crippen LogP contribution is -2.38. The van der Waals surface area contributed by atoms with E-state index in [1.54, 1.807) is 72.8 Å². The first-order chi connectivity index (χ1) is 37.0. The number of carbonyl (C=O) groups is 8. The molecule has 4 atom stereocenters. The maximum atomic E-state index is 11.9. The average molecular weight is 1180 g/mol. The number of imide groups is 4. The summed E-state index contributed by atoms with van der Waals surface area (Å²) in [6.07, 6.45) is 0. The number of benzene rings is 4. The molecule has 0 bridgehead atoms. The number of carbonyl (C=O) groups excluding carboxylic acids is 8. The van der Waals surface area contributed by atoms with Crippen molar-refractivity contribution in [1.82, 2.24) is 42.5 Å². The van der Waals surface area contributed by atoms with Crippen molar-refractivity contribution in [2.75, 3.05) is 48.5 Å². The minimum atomic E-state index is -3.90. The van der Waals surface area contributed by atoms with E-state index in [4.69, 9.17) is 4.74 Å². The van der Waals surface area contributed by atoms with E-state index in [0.717, 1.165) is 17.7 Å². The van der Waals surface area contributed by atoms with Crippen molar-refractivity contribution >= 4 is 116 Å². The number of anilines is 4. The van der Waals surface area contributed by atoms with E-state index in [2.05, 4.69) is 40.2 Å². The smallest absolute Gasteiger partial charge is 0.322 e. The highest BCUT2D eigenvalue weighted by Gasteiger charge is 2.37. The molecule has 4 aromatic carbocycles. The number of urea groups is 4. The van der Waals surface area contributed by atoms with E-state index in [1.165, 1.54) is 12.1 Å². The number of para-hydroxylation sites is 1. The molecule has 4 saturated heterocycles. The van der Waals surface area contributed by atoms with Gasteiger partial charge >= 0.3 is 24.1 Å². The molecule has 4 aliphatic rings. The molecule has 4 unspecified atom stereocenters. The first-order valence-corrected chi connectivity index (χ1v) is 29.2. The van der Waals surface area contributed by atoms with Gasteiger partial charge in [0.25, 0.3) is 29.3 Å². The fourth-order valence-electron chi connectivity index (χ4n) is 6.72. The van der Waals surface area contributed by atoms with Gasteiger partial charge in [0.1, 0.15) is 29.9 Å². The summed E-state index contributed by atoms with van der Waals surface area (Å²) in [7, 11) is -15.1. The second-order valence-corrected chi connectivity index (χ2v) is 23.7. The van der Waals surface area contributed by atoms with Crippen molar-refractivity contribution in [2.24, 2.45) is 0 Å². The number of ether oxygens (including phenoxy) is 1. The van der Waals surface area contributed by atoms with Gasteiger partial charge in [-0.25, -0.2) is 52.8 Å². The first-order valence-electron chi connectivity index (χ1n) is 22.5. The van der Waals surface area contributed by atoms with Gasteiger partial charge in [0, 0.05) is 34.9 Å². The Labute approximate surface area is 449 Å². The molecule has 4 aromatic rings. The molecular formula is C43H49N13O19S4. The molecular weight excluding hydrogens is 1130 g/mol. The fraction of sp³-hybridized carbons (Fsp3) is 0.256. The lowest BCUT2D eigenvalue weighted by Gasteiger charge is -2.11. The number of nitro groups is 1. The summed E-state index contributed by atoms with van der Waals surface area (Å²) in [5.41, 5.74) is 2.02. The Morgan fingerprint density at radius 3 is 1.08 bits per heavy atom. The summed E-state index contributed by atoms with van der Waals surface area (Å²) < 4.78 is 109. The Hall–Kier alpha value is -9.16. The quantitative estimate of drug-likeness (QED) is 0.0309. The van der Waals surface area contributed by atoms with Gasteiger partial charge in [-0.05, 0) is 80.1 Å². The molecule has 0 radical (unpaired) electrons. The van der Waals surface area contributed by atoms with E-state index < -0.39 is 140 Å². The van der Waals surface area contributed by atoms with Crippen molar-refractivity contribution in [2.45, 2.75) is 38.0 Å². The van der Waals surface area contributed by atoms with E-state index in [9.17, 15) is 82.1 Å². The van der Waals surface area contributed by atoms with Crippen LogP contribution < -0.4 is 66.2 Å². The van der Waals surface area contributed by atoms with Crippen LogP contribution in [0.25, 0.3) is 0 Å². The van der Waals surface area contributed by atoms with Crippen molar-refractivity contribution in [1.29, 1.82) is 0 Å². The Morgan fingerprint density at radius 2 is 0.772 bits per heavy atom. The number of nitrogens with zero attached hydrogens (tertiary/aromatic N) is 1.